The van der Waals surface area contributed by atoms with Crippen molar-refractivity contribution in [1.82, 2.24) is 19.8 Å². The van der Waals surface area contributed by atoms with Gasteiger partial charge in [-0.2, -0.15) is 5.10 Å². The third kappa shape index (κ3) is 7.43. The molecule has 182 valence electrons. The van der Waals surface area contributed by atoms with E-state index in [4.69, 9.17) is 5.84 Å². The smallest absolute Gasteiger partial charge is 0.242 e. The van der Waals surface area contributed by atoms with Crippen molar-refractivity contribution in [2.24, 2.45) is 16.9 Å². The first-order chi connectivity index (χ1) is 15.8. The first-order valence-electron chi connectivity index (χ1n) is 11.3. The lowest BCUT2D eigenvalue weighted by Gasteiger charge is -2.31. The van der Waals surface area contributed by atoms with Gasteiger partial charge in [0.25, 0.3) is 0 Å². The molecule has 33 heavy (non-hydrogen) atoms. The lowest BCUT2D eigenvalue weighted by atomic mass is 9.97. The first kappa shape index (κ1) is 25.0. The molecular weight excluding hydrogens is 444 g/mol. The number of nitrogens with zero attached hydrogens (tertiary/aromatic N) is 3. The second-order valence-corrected chi connectivity index (χ2v) is 10.6. The lowest BCUT2D eigenvalue weighted by molar-refractivity contribution is -0.139. The van der Waals surface area contributed by atoms with E-state index in [0.717, 1.165) is 37.8 Å². The van der Waals surface area contributed by atoms with E-state index in [-0.39, 0.29) is 18.2 Å². The highest BCUT2D eigenvalue weighted by Gasteiger charge is 2.38. The highest BCUT2D eigenvalue weighted by atomic mass is 32.2. The molecule has 1 aromatic rings. The van der Waals surface area contributed by atoms with Crippen LogP contribution in [-0.2, 0) is 26.0 Å². The predicted molar refractivity (Wildman–Crippen MR) is 127 cm³/mol. The van der Waals surface area contributed by atoms with E-state index in [2.05, 4.69) is 20.0 Å². The number of rotatable bonds is 9. The monoisotopic (exact) mass is 478 g/mol. The molecule has 0 unspecified atom stereocenters. The number of piperidine rings is 1. The zero-order valence-corrected chi connectivity index (χ0v) is 19.8. The summed E-state index contributed by atoms with van der Waals surface area (Å²) in [7, 11) is -3.61. The van der Waals surface area contributed by atoms with Crippen LogP contribution in [0.1, 0.15) is 31.2 Å². The molecule has 0 radical (unpaired) electrons. The number of carbonyl (C=O) groups is 2. The Balaban J connectivity index is 1.60. The van der Waals surface area contributed by atoms with E-state index in [9.17, 15) is 18.0 Å². The summed E-state index contributed by atoms with van der Waals surface area (Å²) in [5, 5.41) is 6.56. The summed E-state index contributed by atoms with van der Waals surface area (Å²) in [5.74, 6) is 5.02. The van der Waals surface area contributed by atoms with Gasteiger partial charge in [0, 0.05) is 26.2 Å². The third-order valence-corrected chi connectivity index (χ3v) is 6.93. The maximum absolute atomic E-state index is 13.3. The minimum Gasteiger partial charge on any atom is -0.361 e. The fraction of sp³-hybridized carbons (Fsp3) is 0.591. The molecule has 2 atom stereocenters. The second kappa shape index (κ2) is 11.5. The van der Waals surface area contributed by atoms with E-state index >= 15 is 0 Å². The summed E-state index contributed by atoms with van der Waals surface area (Å²) in [6.45, 7) is 2.67. The molecule has 2 amide bonds. The normalized spacial score (nSPS) is 20.8. The largest absolute Gasteiger partial charge is 0.361 e. The van der Waals surface area contributed by atoms with Gasteiger partial charge >= 0.3 is 0 Å². The van der Waals surface area contributed by atoms with Crippen molar-refractivity contribution in [3.05, 3.63) is 35.9 Å². The number of sulfonamides is 1. The summed E-state index contributed by atoms with van der Waals surface area (Å²) in [5.41, 5.74) is 0.846. The Hall–Kier alpha value is -2.66. The van der Waals surface area contributed by atoms with E-state index in [1.165, 1.54) is 4.90 Å². The Morgan fingerprint density at radius 3 is 2.52 bits per heavy atom. The van der Waals surface area contributed by atoms with E-state index in [1.807, 2.05) is 30.3 Å². The van der Waals surface area contributed by atoms with Gasteiger partial charge in [-0.3, -0.25) is 9.59 Å². The second-order valence-electron chi connectivity index (χ2n) is 8.81. The van der Waals surface area contributed by atoms with Gasteiger partial charge in [-0.15, -0.1) is 0 Å². The third-order valence-electron chi connectivity index (χ3n) is 6.22. The Bertz CT molecular complexity index is 931. The number of carbonyl (C=O) groups excluding carboxylic acids is 2. The average Bonchev–Trinajstić information content (AvgIpc) is 3.27. The number of nitrogens with one attached hydrogen (secondary N) is 2. The molecular formula is C22H34N6O4S. The van der Waals surface area contributed by atoms with Crippen molar-refractivity contribution in [1.29, 1.82) is 0 Å². The van der Waals surface area contributed by atoms with Crippen LogP contribution in [0.25, 0.3) is 0 Å². The van der Waals surface area contributed by atoms with Crippen molar-refractivity contribution >= 4 is 28.2 Å². The van der Waals surface area contributed by atoms with Gasteiger partial charge in [-0.05, 0) is 43.6 Å². The van der Waals surface area contributed by atoms with Crippen molar-refractivity contribution in [2.75, 3.05) is 32.4 Å². The van der Waals surface area contributed by atoms with Gasteiger partial charge in [-0.1, -0.05) is 30.3 Å². The highest BCUT2D eigenvalue weighted by molar-refractivity contribution is 7.88. The van der Waals surface area contributed by atoms with Crippen LogP contribution in [0.2, 0.25) is 0 Å². The van der Waals surface area contributed by atoms with E-state index < -0.39 is 22.1 Å². The van der Waals surface area contributed by atoms with Gasteiger partial charge in [0.1, 0.15) is 18.4 Å². The maximum atomic E-state index is 13.3. The molecule has 3 rings (SSSR count). The summed E-state index contributed by atoms with van der Waals surface area (Å²) >= 11 is 0. The number of likely N-dealkylation sites (tertiary alicyclic amines) is 2. The van der Waals surface area contributed by atoms with Crippen LogP contribution < -0.4 is 15.9 Å². The predicted octanol–water partition coefficient (Wildman–Crippen LogP) is -0.132. The number of benzene rings is 1. The number of amides is 2. The van der Waals surface area contributed by atoms with Crippen LogP contribution in [0.15, 0.2) is 35.4 Å². The molecule has 0 saturated carbocycles. The quantitative estimate of drug-likeness (QED) is 0.196. The molecule has 2 aliphatic heterocycles. The van der Waals surface area contributed by atoms with Crippen LogP contribution in [0, 0.1) is 5.92 Å². The molecule has 4 N–H and O–H groups in total. The number of hydrogen-bond donors (Lipinski definition) is 3. The first-order valence-corrected chi connectivity index (χ1v) is 13.2. The summed E-state index contributed by atoms with van der Waals surface area (Å²) in [4.78, 5) is 29.9. The van der Waals surface area contributed by atoms with Crippen LogP contribution in [0.4, 0.5) is 0 Å². The Morgan fingerprint density at radius 1 is 1.18 bits per heavy atom. The van der Waals surface area contributed by atoms with Crippen LogP contribution in [0.5, 0.6) is 0 Å². The standard InChI is InChI=1S/C22H34N6O4S/c1-33(31,32)26-19(14-17-6-3-2-4-7-17)22(30)28-11-5-8-20(28)21(29)24-15-18-9-12-27(13-10-18)16-25-23/h2-4,6-7,16,18-20,26H,5,8-15,23H2,1H3,(H,24,29)/b25-16-/t19-,20+/m1/s1. The molecule has 0 aromatic heterocycles. The molecule has 2 aliphatic rings. The fourth-order valence-corrected chi connectivity index (χ4v) is 5.22. The van der Waals surface area contributed by atoms with Crippen LogP contribution in [-0.4, -0.2) is 80.9 Å². The number of nitrogens with two attached hydrogens (primary N) is 1. The van der Waals surface area contributed by atoms with E-state index in [1.54, 1.807) is 6.34 Å². The van der Waals surface area contributed by atoms with Gasteiger partial charge in [0.05, 0.1) is 6.26 Å². The van der Waals surface area contributed by atoms with Crippen molar-refractivity contribution in [3.8, 4) is 0 Å². The van der Waals surface area contributed by atoms with Gasteiger partial charge < -0.3 is 21.0 Å². The minimum absolute atomic E-state index is 0.176. The number of hydrogen-bond acceptors (Lipinski definition) is 6. The Morgan fingerprint density at radius 2 is 1.88 bits per heavy atom. The Labute approximate surface area is 195 Å². The zero-order valence-electron chi connectivity index (χ0n) is 19.0. The van der Waals surface area contributed by atoms with Gasteiger partial charge in [0.2, 0.25) is 21.8 Å². The summed E-state index contributed by atoms with van der Waals surface area (Å²) in [6.07, 6.45) is 6.03. The summed E-state index contributed by atoms with van der Waals surface area (Å²) < 4.78 is 26.3. The van der Waals surface area contributed by atoms with Crippen LogP contribution >= 0.6 is 0 Å². The van der Waals surface area contributed by atoms with Crippen molar-refractivity contribution in [3.63, 3.8) is 0 Å². The average molecular weight is 479 g/mol. The molecule has 2 heterocycles. The molecule has 0 aliphatic carbocycles. The molecule has 10 nitrogen and oxygen atoms in total. The van der Waals surface area contributed by atoms with Crippen molar-refractivity contribution < 1.29 is 18.0 Å². The Kier molecular flexibility index (Phi) is 8.67. The molecule has 0 spiro atoms. The molecule has 1 aromatic carbocycles. The maximum Gasteiger partial charge on any atom is 0.242 e. The van der Waals surface area contributed by atoms with Crippen molar-refractivity contribution in [2.45, 2.75) is 44.2 Å². The highest BCUT2D eigenvalue weighted by Crippen LogP contribution is 2.21. The summed E-state index contributed by atoms with van der Waals surface area (Å²) in [6, 6.07) is 7.71. The minimum atomic E-state index is -3.61. The molecule has 2 fully saturated rings. The number of hydrazone groups is 1. The van der Waals surface area contributed by atoms with Gasteiger partial charge in [-0.25, -0.2) is 13.1 Å². The SMILES string of the molecule is CS(=O)(=O)N[C@H](Cc1ccccc1)C(=O)N1CCC[C@H]1C(=O)NCC1CCN(/C=N\N)CC1. The van der Waals surface area contributed by atoms with E-state index in [0.29, 0.717) is 31.8 Å². The lowest BCUT2D eigenvalue weighted by Crippen LogP contribution is -2.54. The fourth-order valence-electron chi connectivity index (χ4n) is 4.52. The molecule has 11 heteroatoms. The molecule has 2 saturated heterocycles. The topological polar surface area (TPSA) is 137 Å². The van der Waals surface area contributed by atoms with Gasteiger partial charge in [0.15, 0.2) is 0 Å². The molecule has 0 bridgehead atoms. The van der Waals surface area contributed by atoms with Crippen LogP contribution in [0.3, 0.4) is 0 Å². The zero-order chi connectivity index (χ0) is 23.8.